The molecule has 4 aliphatic heterocycles. The highest BCUT2D eigenvalue weighted by molar-refractivity contribution is 6.32. The van der Waals surface area contributed by atoms with E-state index in [0.717, 1.165) is 34.9 Å². The van der Waals surface area contributed by atoms with E-state index in [9.17, 15) is 49.8 Å². The number of aliphatic hydroxyl groups is 2. The number of carbonyl (C=O) groups excluding carboxylic acids is 3. The fraction of sp³-hybridized carbons (Fsp3) is 0.273. The van der Waals surface area contributed by atoms with Crippen LogP contribution in [0, 0.1) is 0 Å². The first kappa shape index (κ1) is 53.2. The summed E-state index contributed by atoms with van der Waals surface area (Å²) < 4.78 is 25.3. The Morgan fingerprint density at radius 3 is 2.16 bits per heavy atom. The third kappa shape index (κ3) is 10.6. The van der Waals surface area contributed by atoms with Gasteiger partial charge in [-0.15, -0.1) is 0 Å². The molecule has 19 nitrogen and oxygen atoms in total. The smallest absolute Gasteiger partial charge is 0.330 e. The minimum atomic E-state index is -2.05. The number of phenolic OH excluding ortho intramolecular Hbond substituents is 3. The topological polar surface area (TPSA) is 287 Å². The summed E-state index contributed by atoms with van der Waals surface area (Å²) in [6.07, 6.45) is -4.63. The zero-order valence-corrected chi connectivity index (χ0v) is 42.6. The molecule has 3 unspecified atom stereocenters. The third-order valence-corrected chi connectivity index (χ3v) is 14.4. The van der Waals surface area contributed by atoms with Gasteiger partial charge >= 0.3 is 5.97 Å². The van der Waals surface area contributed by atoms with E-state index in [2.05, 4.69) is 26.6 Å². The Balaban J connectivity index is 1.10. The van der Waals surface area contributed by atoms with Crippen LogP contribution in [-0.4, -0.2) is 98.6 Å². The van der Waals surface area contributed by atoms with Crippen LogP contribution >= 0.6 is 23.2 Å². The van der Waals surface area contributed by atoms with Gasteiger partial charge in [0.25, 0.3) is 0 Å². The molecule has 0 aromatic heterocycles. The molecule has 6 aromatic rings. The number of rotatable bonds is 9. The second kappa shape index (κ2) is 21.5. The number of likely N-dealkylation sites (N-methyl/N-ethyl adjacent to an activating group) is 1. The number of aliphatic hydroxyl groups excluding tert-OH is 2. The molecule has 0 saturated carbocycles. The van der Waals surface area contributed by atoms with Crippen molar-refractivity contribution in [2.24, 2.45) is 0 Å². The zero-order valence-electron chi connectivity index (χ0n) is 41.1. The number of hydrogen-bond donors (Lipinski definition) is 11. The van der Waals surface area contributed by atoms with Crippen molar-refractivity contribution >= 4 is 46.9 Å². The SMILES string of the molecule is CNC1C(=O)NC2C(=O)N[C@H](C(=O)N[C@H](C(=O)O)c3cc(O)cc(O)c3-c3cc2ccc3O)[C@H](O)c2ccc(c(Cl)c2)Oc2cc1cc(OC)c2OC1C[C@](C)(NCc2ccc(-c3ccc(Cl)cc3)cc2)[C@H](O)[C@H](C)O1. The number of aliphatic carboxylic acids is 1. The lowest BCUT2D eigenvalue weighted by Crippen LogP contribution is -2.62. The quantitative estimate of drug-likeness (QED) is 0.0730. The Kier molecular flexibility index (Phi) is 15.1. The van der Waals surface area contributed by atoms with Crippen molar-refractivity contribution in [1.82, 2.24) is 26.6 Å². The Morgan fingerprint density at radius 2 is 1.49 bits per heavy atom. The van der Waals surface area contributed by atoms with Gasteiger partial charge in [-0.1, -0.05) is 71.7 Å². The van der Waals surface area contributed by atoms with Gasteiger partial charge in [-0.2, -0.15) is 0 Å². The van der Waals surface area contributed by atoms with Crippen molar-refractivity contribution in [3.05, 3.63) is 147 Å². The second-order valence-corrected chi connectivity index (χ2v) is 19.8. The lowest BCUT2D eigenvalue weighted by atomic mass is 9.85. The lowest BCUT2D eigenvalue weighted by molar-refractivity contribution is -0.211. The number of nitrogens with one attached hydrogen (secondary N) is 5. The van der Waals surface area contributed by atoms with Crippen molar-refractivity contribution < 1.29 is 68.8 Å². The van der Waals surface area contributed by atoms with Gasteiger partial charge in [-0.3, -0.25) is 14.4 Å². The first-order valence-electron chi connectivity index (χ1n) is 23.9. The van der Waals surface area contributed by atoms with Gasteiger partial charge in [0.1, 0.15) is 47.2 Å². The van der Waals surface area contributed by atoms with E-state index in [1.807, 2.05) is 55.5 Å². The molecule has 21 heteroatoms. The molecule has 1 fully saturated rings. The van der Waals surface area contributed by atoms with Crippen LogP contribution in [0.1, 0.15) is 72.3 Å². The van der Waals surface area contributed by atoms with Crippen molar-refractivity contribution in [3.63, 3.8) is 0 Å². The summed E-state index contributed by atoms with van der Waals surface area (Å²) in [5.74, 6) is -6.64. The minimum absolute atomic E-state index is 0.00133. The summed E-state index contributed by atoms with van der Waals surface area (Å²) in [4.78, 5) is 56.8. The molecule has 0 spiro atoms. The van der Waals surface area contributed by atoms with Gasteiger partial charge < -0.3 is 76.2 Å². The lowest BCUT2D eigenvalue weighted by Gasteiger charge is -2.45. The van der Waals surface area contributed by atoms with Crippen LogP contribution in [0.3, 0.4) is 0 Å². The Morgan fingerprint density at radius 1 is 0.789 bits per heavy atom. The number of hydrogen-bond acceptors (Lipinski definition) is 15. The van der Waals surface area contributed by atoms with E-state index in [1.54, 1.807) is 6.92 Å². The minimum Gasteiger partial charge on any atom is -0.508 e. The maximum atomic E-state index is 14.7. The highest BCUT2D eigenvalue weighted by Crippen LogP contribution is 2.47. The van der Waals surface area contributed by atoms with Crippen LogP contribution < -0.4 is 40.8 Å². The van der Waals surface area contributed by atoms with Crippen LogP contribution in [-0.2, 0) is 30.5 Å². The van der Waals surface area contributed by atoms with Crippen molar-refractivity contribution in [1.29, 1.82) is 0 Å². The fourth-order valence-corrected chi connectivity index (χ4v) is 10.1. The van der Waals surface area contributed by atoms with E-state index in [-0.39, 0.29) is 67.8 Å². The number of carbonyl (C=O) groups is 4. The maximum absolute atomic E-state index is 14.7. The van der Waals surface area contributed by atoms with Gasteiger partial charge in [0.15, 0.2) is 17.5 Å². The van der Waals surface area contributed by atoms with Gasteiger partial charge in [-0.05, 0) is 109 Å². The fourth-order valence-electron chi connectivity index (χ4n) is 9.78. The van der Waals surface area contributed by atoms with E-state index in [1.165, 1.54) is 56.6 Å². The molecule has 0 radical (unpaired) electrons. The van der Waals surface area contributed by atoms with Crippen molar-refractivity contribution in [2.75, 3.05) is 14.2 Å². The molecular weight excluding hydrogens is 1030 g/mol. The molecular formula is C55H53Cl2N5O14. The van der Waals surface area contributed by atoms with E-state index < -0.39 is 95.2 Å². The molecule has 11 N–H and O–H groups in total. The predicted molar refractivity (Wildman–Crippen MR) is 277 cm³/mol. The molecule has 4 heterocycles. The van der Waals surface area contributed by atoms with Crippen LogP contribution in [0.2, 0.25) is 10.0 Å². The van der Waals surface area contributed by atoms with E-state index >= 15 is 0 Å². The van der Waals surface area contributed by atoms with Gasteiger partial charge in [-0.25, -0.2) is 4.79 Å². The van der Waals surface area contributed by atoms with E-state index in [4.69, 9.17) is 42.1 Å². The maximum Gasteiger partial charge on any atom is 0.330 e. The van der Waals surface area contributed by atoms with Crippen molar-refractivity contribution in [2.45, 2.75) is 81.1 Å². The number of carboxylic acid groups (broad SMARTS) is 1. The number of methoxy groups -OCH3 is 1. The number of carboxylic acids is 1. The summed E-state index contributed by atoms with van der Waals surface area (Å²) in [6, 6.07) is 21.0. The molecule has 6 aromatic carbocycles. The number of ether oxygens (including phenoxy) is 4. The summed E-state index contributed by atoms with van der Waals surface area (Å²) in [7, 11) is 2.85. The Hall–Kier alpha value is -7.62. The summed E-state index contributed by atoms with van der Waals surface area (Å²) in [5.41, 5.74) is 1.16. The number of benzene rings is 6. The molecule has 10 rings (SSSR count). The first-order valence-corrected chi connectivity index (χ1v) is 24.7. The van der Waals surface area contributed by atoms with Crippen molar-refractivity contribution in [3.8, 4) is 62.5 Å². The predicted octanol–water partition coefficient (Wildman–Crippen LogP) is 6.57. The molecule has 8 bridgehead atoms. The van der Waals surface area contributed by atoms with Crippen LogP contribution in [0.15, 0.2) is 109 Å². The third-order valence-electron chi connectivity index (χ3n) is 13.8. The molecule has 4 aliphatic rings. The van der Waals surface area contributed by atoms with Gasteiger partial charge in [0.2, 0.25) is 29.8 Å². The standard InChI is InChI=1S/C55H53Cl2N5O14/c1-25-50(67)55(2,59-24-26-5-7-27(8-6-26)28-9-13-32(56)14-10-28)23-42(74-25)76-49-40(73-4)19-31-20-41(49)75-39-16-12-30(18-36(39)57)48(66)47-53(70)61-46(54(71)72)35-21-33(63)22-38(65)43(35)34-17-29(11-15-37(34)64)45(52(69)62-47)60-51(68)44(31)58-3/h5-22,25,42,44-48,50,58-59,63-67H,23-24H2,1-4H3,(H,60,68)(H,61,70)(H,62,69)(H,71,72)/t25-,42?,44?,45?,46-,47-,48+,50+,55-/m0/s1. The summed E-state index contributed by atoms with van der Waals surface area (Å²) in [6.45, 7) is 3.95. The second-order valence-electron chi connectivity index (χ2n) is 18.9. The monoisotopic (exact) mass is 1080 g/mol. The molecule has 396 valence electrons. The van der Waals surface area contributed by atoms with Crippen LogP contribution in [0.4, 0.5) is 0 Å². The number of phenols is 3. The number of aromatic hydroxyl groups is 3. The van der Waals surface area contributed by atoms with Gasteiger partial charge in [0, 0.05) is 40.7 Å². The Labute approximate surface area is 445 Å². The van der Waals surface area contributed by atoms with Crippen LogP contribution in [0.5, 0.6) is 40.2 Å². The number of fused-ring (bicyclic) bond motifs is 8. The largest absolute Gasteiger partial charge is 0.508 e. The highest BCUT2D eigenvalue weighted by Gasteiger charge is 2.46. The zero-order chi connectivity index (χ0) is 54.3. The summed E-state index contributed by atoms with van der Waals surface area (Å²) in [5, 5.41) is 81.6. The molecule has 76 heavy (non-hydrogen) atoms. The molecule has 3 amide bonds. The van der Waals surface area contributed by atoms with E-state index in [0.29, 0.717) is 11.6 Å². The average molecular weight is 1080 g/mol. The first-order chi connectivity index (χ1) is 36.2. The number of amides is 3. The van der Waals surface area contributed by atoms with Gasteiger partial charge in [0.05, 0.1) is 29.9 Å². The summed E-state index contributed by atoms with van der Waals surface area (Å²) >= 11 is 13.0. The molecule has 0 aliphatic carbocycles. The molecule has 1 saturated heterocycles. The highest BCUT2D eigenvalue weighted by atomic mass is 35.5. The number of halogens is 2. The average Bonchev–Trinajstić information content (AvgIpc) is 3.42. The Bertz CT molecular complexity index is 3240. The molecule has 9 atom stereocenters. The normalized spacial score (nSPS) is 24.4. The van der Waals surface area contributed by atoms with Crippen LogP contribution in [0.25, 0.3) is 22.3 Å².